The van der Waals surface area contributed by atoms with Gasteiger partial charge in [0.25, 0.3) is 0 Å². The Kier molecular flexibility index (Phi) is 2.77. The van der Waals surface area contributed by atoms with Gasteiger partial charge in [0.15, 0.2) is 0 Å². The van der Waals surface area contributed by atoms with Gasteiger partial charge in [0.05, 0.1) is 5.60 Å². The molecule has 1 aliphatic carbocycles. The lowest BCUT2D eigenvalue weighted by molar-refractivity contribution is 0.0343. The number of hydrogen-bond acceptors (Lipinski definition) is 4. The van der Waals surface area contributed by atoms with E-state index in [0.29, 0.717) is 18.5 Å². The number of nitrogens with two attached hydrogens (primary N) is 2. The molecule has 0 spiro atoms. The molecule has 2 aromatic rings. The minimum atomic E-state index is -0.951. The Morgan fingerprint density at radius 2 is 2.11 bits per heavy atom. The average molecular weight is 255 g/mol. The van der Waals surface area contributed by atoms with Crippen molar-refractivity contribution < 1.29 is 5.11 Å². The van der Waals surface area contributed by atoms with E-state index in [4.69, 9.17) is 11.5 Å². The van der Waals surface area contributed by atoms with E-state index in [1.54, 1.807) is 18.5 Å². The molecule has 98 valence electrons. The molecule has 1 heterocycles. The Hall–Kier alpha value is -1.91. The summed E-state index contributed by atoms with van der Waals surface area (Å²) in [6.07, 6.45) is 4.31. The third-order valence-electron chi connectivity index (χ3n) is 3.84. The molecular formula is C15H17N3O. The first kappa shape index (κ1) is 12.1. The smallest absolute Gasteiger partial charge is 0.0959 e. The minimum absolute atomic E-state index is 0.126. The van der Waals surface area contributed by atoms with Crippen molar-refractivity contribution in [2.75, 3.05) is 5.73 Å². The molecule has 2 unspecified atom stereocenters. The molecule has 4 heteroatoms. The van der Waals surface area contributed by atoms with Crippen molar-refractivity contribution in [3.05, 3.63) is 59.4 Å². The van der Waals surface area contributed by atoms with Crippen LogP contribution in [0.25, 0.3) is 0 Å². The first-order valence-corrected chi connectivity index (χ1v) is 6.36. The van der Waals surface area contributed by atoms with Gasteiger partial charge in [-0.25, -0.2) is 0 Å². The lowest BCUT2D eigenvalue weighted by Crippen LogP contribution is -2.27. The summed E-state index contributed by atoms with van der Waals surface area (Å²) >= 11 is 0. The molecule has 4 nitrogen and oxygen atoms in total. The monoisotopic (exact) mass is 255 g/mol. The van der Waals surface area contributed by atoms with Crippen LogP contribution in [0.5, 0.6) is 0 Å². The number of nitrogens with zero attached hydrogens (tertiary/aromatic N) is 1. The van der Waals surface area contributed by atoms with Gasteiger partial charge in [-0.2, -0.15) is 0 Å². The van der Waals surface area contributed by atoms with Gasteiger partial charge in [0.1, 0.15) is 0 Å². The van der Waals surface area contributed by atoms with Crippen molar-refractivity contribution in [3.63, 3.8) is 0 Å². The van der Waals surface area contributed by atoms with E-state index in [9.17, 15) is 5.11 Å². The van der Waals surface area contributed by atoms with Crippen molar-refractivity contribution >= 4 is 5.69 Å². The van der Waals surface area contributed by atoms with Gasteiger partial charge < -0.3 is 16.6 Å². The third-order valence-corrected chi connectivity index (χ3v) is 3.84. The number of anilines is 1. The van der Waals surface area contributed by atoms with Gasteiger partial charge in [0, 0.05) is 30.5 Å². The van der Waals surface area contributed by atoms with Crippen molar-refractivity contribution in [3.8, 4) is 0 Å². The standard InChI is InChI=1S/C15H17N3O/c16-13-5-6-18-9-10(13)7-15(19)8-14(17)11-3-1-2-4-12(11)15/h1-6,9,14,19H,7-8,17H2,(H2,16,18). The highest BCUT2D eigenvalue weighted by Crippen LogP contribution is 2.44. The Bertz CT molecular complexity index is 614. The molecule has 2 atom stereocenters. The minimum Gasteiger partial charge on any atom is -0.398 e. The van der Waals surface area contributed by atoms with Crippen LogP contribution in [0, 0.1) is 0 Å². The van der Waals surface area contributed by atoms with E-state index in [1.165, 1.54) is 0 Å². The lowest BCUT2D eigenvalue weighted by Gasteiger charge is -2.24. The third kappa shape index (κ3) is 1.99. The zero-order valence-electron chi connectivity index (χ0n) is 10.6. The normalized spacial score (nSPS) is 25.3. The van der Waals surface area contributed by atoms with Crippen molar-refractivity contribution in [1.82, 2.24) is 4.98 Å². The summed E-state index contributed by atoms with van der Waals surface area (Å²) < 4.78 is 0. The highest BCUT2D eigenvalue weighted by atomic mass is 16.3. The molecule has 0 saturated carbocycles. The summed E-state index contributed by atoms with van der Waals surface area (Å²) in [6, 6.07) is 9.41. The lowest BCUT2D eigenvalue weighted by atomic mass is 9.89. The van der Waals surface area contributed by atoms with E-state index < -0.39 is 5.60 Å². The summed E-state index contributed by atoms with van der Waals surface area (Å²) in [5.41, 5.74) is 14.5. The summed E-state index contributed by atoms with van der Waals surface area (Å²) in [5, 5.41) is 10.9. The molecule has 19 heavy (non-hydrogen) atoms. The van der Waals surface area contributed by atoms with Crippen molar-refractivity contribution in [2.24, 2.45) is 5.73 Å². The highest BCUT2D eigenvalue weighted by Gasteiger charge is 2.41. The molecule has 3 rings (SSSR count). The molecule has 1 aromatic heterocycles. The molecule has 0 aliphatic heterocycles. The molecule has 1 aliphatic rings. The van der Waals surface area contributed by atoms with Gasteiger partial charge in [0.2, 0.25) is 0 Å². The molecule has 1 aromatic carbocycles. The Morgan fingerprint density at radius 3 is 2.89 bits per heavy atom. The summed E-state index contributed by atoms with van der Waals surface area (Å²) in [6.45, 7) is 0. The number of aromatic nitrogens is 1. The van der Waals surface area contributed by atoms with Gasteiger partial charge in [-0.3, -0.25) is 4.98 Å². The second-order valence-electron chi connectivity index (χ2n) is 5.18. The number of benzene rings is 1. The van der Waals surface area contributed by atoms with Crippen LogP contribution in [-0.2, 0) is 12.0 Å². The summed E-state index contributed by atoms with van der Waals surface area (Å²) in [5.74, 6) is 0. The highest BCUT2D eigenvalue weighted by molar-refractivity contribution is 5.48. The SMILES string of the molecule is Nc1ccncc1CC1(O)CC(N)c2ccccc21. The van der Waals surface area contributed by atoms with Crippen LogP contribution in [0.2, 0.25) is 0 Å². The predicted molar refractivity (Wildman–Crippen MR) is 74.2 cm³/mol. The van der Waals surface area contributed by atoms with E-state index in [-0.39, 0.29) is 6.04 Å². The largest absolute Gasteiger partial charge is 0.398 e. The van der Waals surface area contributed by atoms with E-state index in [1.807, 2.05) is 24.3 Å². The fraction of sp³-hybridized carbons (Fsp3) is 0.267. The van der Waals surface area contributed by atoms with Crippen LogP contribution in [0.3, 0.4) is 0 Å². The van der Waals surface area contributed by atoms with E-state index in [2.05, 4.69) is 4.98 Å². The first-order chi connectivity index (χ1) is 9.10. The van der Waals surface area contributed by atoms with Gasteiger partial charge in [-0.15, -0.1) is 0 Å². The van der Waals surface area contributed by atoms with Crippen LogP contribution >= 0.6 is 0 Å². The average Bonchev–Trinajstić information content (AvgIpc) is 2.65. The van der Waals surface area contributed by atoms with Gasteiger partial charge in [-0.1, -0.05) is 24.3 Å². The van der Waals surface area contributed by atoms with Crippen LogP contribution < -0.4 is 11.5 Å². The fourth-order valence-electron chi connectivity index (χ4n) is 2.90. The van der Waals surface area contributed by atoms with Crippen LogP contribution in [0.4, 0.5) is 5.69 Å². The zero-order chi connectivity index (χ0) is 13.5. The molecule has 0 bridgehead atoms. The number of rotatable bonds is 2. The van der Waals surface area contributed by atoms with Crippen molar-refractivity contribution in [2.45, 2.75) is 24.5 Å². The molecule has 0 amide bonds. The Balaban J connectivity index is 2.00. The molecule has 0 saturated heterocycles. The number of nitrogen functional groups attached to an aromatic ring is 1. The first-order valence-electron chi connectivity index (χ1n) is 6.36. The van der Waals surface area contributed by atoms with Crippen LogP contribution in [0.1, 0.15) is 29.2 Å². The van der Waals surface area contributed by atoms with E-state index in [0.717, 1.165) is 16.7 Å². The van der Waals surface area contributed by atoms with Gasteiger partial charge in [-0.05, 0) is 29.2 Å². The molecule has 0 radical (unpaired) electrons. The maximum Gasteiger partial charge on any atom is 0.0959 e. The van der Waals surface area contributed by atoms with Gasteiger partial charge >= 0.3 is 0 Å². The number of hydrogen-bond donors (Lipinski definition) is 3. The summed E-state index contributed by atoms with van der Waals surface area (Å²) in [4.78, 5) is 4.07. The van der Waals surface area contributed by atoms with Crippen LogP contribution in [-0.4, -0.2) is 10.1 Å². The second kappa shape index (κ2) is 4.33. The van der Waals surface area contributed by atoms with Crippen LogP contribution in [0.15, 0.2) is 42.7 Å². The second-order valence-corrected chi connectivity index (χ2v) is 5.18. The summed E-state index contributed by atoms with van der Waals surface area (Å²) in [7, 11) is 0. The molecule has 5 N–H and O–H groups in total. The topological polar surface area (TPSA) is 85.2 Å². The number of fused-ring (bicyclic) bond motifs is 1. The maximum absolute atomic E-state index is 10.9. The van der Waals surface area contributed by atoms with Crippen molar-refractivity contribution in [1.29, 1.82) is 0 Å². The molecule has 0 fully saturated rings. The van der Waals surface area contributed by atoms with E-state index >= 15 is 0 Å². The quantitative estimate of drug-likeness (QED) is 0.759. The number of aliphatic hydroxyl groups is 1. The molecular weight excluding hydrogens is 238 g/mol. The fourth-order valence-corrected chi connectivity index (χ4v) is 2.90. The Labute approximate surface area is 112 Å². The number of pyridine rings is 1. The Morgan fingerprint density at radius 1 is 1.32 bits per heavy atom. The maximum atomic E-state index is 10.9. The predicted octanol–water partition coefficient (Wildman–Crippen LogP) is 1.50. The zero-order valence-corrected chi connectivity index (χ0v) is 10.6.